The molecule has 0 amide bonds. The lowest BCUT2D eigenvalue weighted by Gasteiger charge is -2.29. The van der Waals surface area contributed by atoms with E-state index >= 15 is 0 Å². The maximum atomic E-state index is 3.48. The molecule has 16 heavy (non-hydrogen) atoms. The van der Waals surface area contributed by atoms with Crippen molar-refractivity contribution in [2.24, 2.45) is 0 Å². The summed E-state index contributed by atoms with van der Waals surface area (Å²) in [4.78, 5) is 2.53. The van der Waals surface area contributed by atoms with Crippen molar-refractivity contribution < 1.29 is 0 Å². The molecule has 0 aliphatic carbocycles. The van der Waals surface area contributed by atoms with Gasteiger partial charge in [-0.3, -0.25) is 0 Å². The van der Waals surface area contributed by atoms with Gasteiger partial charge in [0.25, 0.3) is 0 Å². The molecule has 0 atom stereocenters. The Morgan fingerprint density at radius 1 is 1.12 bits per heavy atom. The van der Waals surface area contributed by atoms with Crippen LogP contribution >= 0.6 is 0 Å². The normalized spacial score (nSPS) is 17.9. The van der Waals surface area contributed by atoms with Crippen LogP contribution in [0.2, 0.25) is 0 Å². The summed E-state index contributed by atoms with van der Waals surface area (Å²) in [5.41, 5.74) is 2.91. The molecule has 0 aromatic heterocycles. The van der Waals surface area contributed by atoms with E-state index in [1.54, 1.807) is 0 Å². The second kappa shape index (κ2) is 5.90. The highest BCUT2D eigenvalue weighted by Crippen LogP contribution is 2.21. The third kappa shape index (κ3) is 2.76. The second-order valence-electron chi connectivity index (χ2n) is 4.43. The number of nitrogens with one attached hydrogen (secondary N) is 1. The van der Waals surface area contributed by atoms with Crippen molar-refractivity contribution in [2.45, 2.75) is 26.2 Å². The zero-order valence-electron chi connectivity index (χ0n) is 10.2. The summed E-state index contributed by atoms with van der Waals surface area (Å²) in [5, 5.41) is 3.48. The number of para-hydroxylation sites is 1. The van der Waals surface area contributed by atoms with Crippen molar-refractivity contribution >= 4 is 5.69 Å². The van der Waals surface area contributed by atoms with Crippen molar-refractivity contribution in [3.8, 4) is 0 Å². The predicted molar refractivity (Wildman–Crippen MR) is 70.1 cm³/mol. The third-order valence-corrected chi connectivity index (χ3v) is 3.30. The number of hydrogen-bond acceptors (Lipinski definition) is 2. The van der Waals surface area contributed by atoms with Crippen molar-refractivity contribution in [3.05, 3.63) is 29.8 Å². The van der Waals surface area contributed by atoms with Gasteiger partial charge in [0.15, 0.2) is 0 Å². The van der Waals surface area contributed by atoms with E-state index in [9.17, 15) is 0 Å². The minimum Gasteiger partial charge on any atom is -0.370 e. The second-order valence-corrected chi connectivity index (χ2v) is 4.43. The van der Waals surface area contributed by atoms with Gasteiger partial charge in [-0.25, -0.2) is 0 Å². The SMILES string of the molecule is CCc1ccccc1N1CCCCNCC1. The van der Waals surface area contributed by atoms with Gasteiger partial charge in [0, 0.05) is 25.3 Å². The fraction of sp³-hybridized carbons (Fsp3) is 0.571. The van der Waals surface area contributed by atoms with Crippen molar-refractivity contribution in [3.63, 3.8) is 0 Å². The highest BCUT2D eigenvalue weighted by molar-refractivity contribution is 5.53. The number of aryl methyl sites for hydroxylation is 1. The number of anilines is 1. The number of hydrogen-bond donors (Lipinski definition) is 1. The Morgan fingerprint density at radius 3 is 2.88 bits per heavy atom. The molecule has 1 N–H and O–H groups in total. The lowest BCUT2D eigenvalue weighted by Crippen LogP contribution is -2.36. The zero-order chi connectivity index (χ0) is 11.2. The van der Waals surface area contributed by atoms with Gasteiger partial charge in [-0.05, 0) is 37.4 Å². The van der Waals surface area contributed by atoms with Crippen LogP contribution in [-0.2, 0) is 6.42 Å². The van der Waals surface area contributed by atoms with E-state index in [1.165, 1.54) is 37.2 Å². The molecular formula is C14H22N2. The van der Waals surface area contributed by atoms with Crippen molar-refractivity contribution in [1.29, 1.82) is 0 Å². The number of nitrogens with zero attached hydrogens (tertiary/aromatic N) is 1. The molecule has 1 aliphatic rings. The van der Waals surface area contributed by atoms with Crippen LogP contribution in [0.1, 0.15) is 25.3 Å². The molecule has 1 aromatic rings. The number of rotatable bonds is 2. The fourth-order valence-corrected chi connectivity index (χ4v) is 2.36. The van der Waals surface area contributed by atoms with Crippen LogP contribution in [0.15, 0.2) is 24.3 Å². The summed E-state index contributed by atoms with van der Waals surface area (Å²) in [6.07, 6.45) is 3.72. The molecule has 1 fully saturated rings. The largest absolute Gasteiger partial charge is 0.370 e. The number of benzene rings is 1. The Bertz CT molecular complexity index is 314. The molecule has 2 rings (SSSR count). The fourth-order valence-electron chi connectivity index (χ4n) is 2.36. The maximum Gasteiger partial charge on any atom is 0.0399 e. The molecule has 88 valence electrons. The van der Waals surface area contributed by atoms with Gasteiger partial charge in [0.2, 0.25) is 0 Å². The smallest absolute Gasteiger partial charge is 0.0399 e. The molecule has 2 heteroatoms. The van der Waals surface area contributed by atoms with Gasteiger partial charge in [-0.1, -0.05) is 25.1 Å². The van der Waals surface area contributed by atoms with Gasteiger partial charge in [0.05, 0.1) is 0 Å². The predicted octanol–water partition coefficient (Wildman–Crippen LogP) is 2.44. The van der Waals surface area contributed by atoms with Crippen molar-refractivity contribution in [1.82, 2.24) is 5.32 Å². The van der Waals surface area contributed by atoms with Crippen LogP contribution in [0.3, 0.4) is 0 Å². The molecule has 0 bridgehead atoms. The zero-order valence-corrected chi connectivity index (χ0v) is 10.2. The van der Waals surface area contributed by atoms with Crippen LogP contribution in [0, 0.1) is 0 Å². The van der Waals surface area contributed by atoms with Crippen LogP contribution in [0.25, 0.3) is 0 Å². The topological polar surface area (TPSA) is 15.3 Å². The van der Waals surface area contributed by atoms with Crippen molar-refractivity contribution in [2.75, 3.05) is 31.1 Å². The first kappa shape index (κ1) is 11.5. The molecule has 1 heterocycles. The third-order valence-electron chi connectivity index (χ3n) is 3.30. The first-order chi connectivity index (χ1) is 7.92. The Kier molecular flexibility index (Phi) is 4.23. The summed E-state index contributed by atoms with van der Waals surface area (Å²) in [7, 11) is 0. The molecule has 1 aromatic carbocycles. The monoisotopic (exact) mass is 218 g/mol. The van der Waals surface area contributed by atoms with E-state index in [0.29, 0.717) is 0 Å². The highest BCUT2D eigenvalue weighted by atomic mass is 15.1. The summed E-state index contributed by atoms with van der Waals surface area (Å²) < 4.78 is 0. The Hall–Kier alpha value is -1.02. The minimum absolute atomic E-state index is 1.11. The van der Waals surface area contributed by atoms with Gasteiger partial charge < -0.3 is 10.2 Å². The maximum absolute atomic E-state index is 3.48. The van der Waals surface area contributed by atoms with E-state index in [4.69, 9.17) is 0 Å². The van der Waals surface area contributed by atoms with E-state index in [0.717, 1.165) is 19.5 Å². The van der Waals surface area contributed by atoms with Crippen LogP contribution in [-0.4, -0.2) is 26.2 Å². The lowest BCUT2D eigenvalue weighted by molar-refractivity contribution is 0.566. The van der Waals surface area contributed by atoms with Gasteiger partial charge in [-0.15, -0.1) is 0 Å². The lowest BCUT2D eigenvalue weighted by atomic mass is 10.1. The highest BCUT2D eigenvalue weighted by Gasteiger charge is 2.10. The Labute approximate surface area is 98.7 Å². The van der Waals surface area contributed by atoms with Crippen LogP contribution in [0.5, 0.6) is 0 Å². The van der Waals surface area contributed by atoms with E-state index in [2.05, 4.69) is 41.4 Å². The molecule has 1 aliphatic heterocycles. The van der Waals surface area contributed by atoms with Gasteiger partial charge in [-0.2, -0.15) is 0 Å². The average Bonchev–Trinajstić information content (AvgIpc) is 2.29. The minimum atomic E-state index is 1.11. The Balaban J connectivity index is 2.13. The quantitative estimate of drug-likeness (QED) is 0.820. The van der Waals surface area contributed by atoms with Gasteiger partial charge >= 0.3 is 0 Å². The van der Waals surface area contributed by atoms with Gasteiger partial charge in [0.1, 0.15) is 0 Å². The molecule has 0 spiro atoms. The summed E-state index contributed by atoms with van der Waals surface area (Å²) in [5.74, 6) is 0. The molecule has 1 saturated heterocycles. The van der Waals surface area contributed by atoms with E-state index in [1.807, 2.05) is 0 Å². The Morgan fingerprint density at radius 2 is 2.00 bits per heavy atom. The van der Waals surface area contributed by atoms with E-state index < -0.39 is 0 Å². The summed E-state index contributed by atoms with van der Waals surface area (Å²) in [6, 6.07) is 8.81. The molecule has 0 unspecified atom stereocenters. The molecular weight excluding hydrogens is 196 g/mol. The molecule has 2 nitrogen and oxygen atoms in total. The first-order valence-corrected chi connectivity index (χ1v) is 6.45. The first-order valence-electron chi connectivity index (χ1n) is 6.45. The summed E-state index contributed by atoms with van der Waals surface area (Å²) in [6.45, 7) is 6.87. The molecule has 0 saturated carbocycles. The van der Waals surface area contributed by atoms with Crippen LogP contribution < -0.4 is 10.2 Å². The summed E-state index contributed by atoms with van der Waals surface area (Å²) >= 11 is 0. The molecule has 0 radical (unpaired) electrons. The average molecular weight is 218 g/mol. The standard InChI is InChI=1S/C14H22N2/c1-2-13-7-3-4-8-14(13)16-11-6-5-9-15-10-12-16/h3-4,7-8,15H,2,5-6,9-12H2,1H3. The van der Waals surface area contributed by atoms with Crippen LogP contribution in [0.4, 0.5) is 5.69 Å². The van der Waals surface area contributed by atoms with E-state index in [-0.39, 0.29) is 0 Å².